The first-order valence-electron chi connectivity index (χ1n) is 8.75. The third-order valence-electron chi connectivity index (χ3n) is 4.39. The summed E-state index contributed by atoms with van der Waals surface area (Å²) in [7, 11) is 0. The lowest BCUT2D eigenvalue weighted by molar-refractivity contribution is 0.304. The highest BCUT2D eigenvalue weighted by molar-refractivity contribution is 7.80. The summed E-state index contributed by atoms with van der Waals surface area (Å²) in [6, 6.07) is 6.69. The first-order chi connectivity index (χ1) is 10.4. The fourth-order valence-corrected chi connectivity index (χ4v) is 3.31. The summed E-state index contributed by atoms with van der Waals surface area (Å²) in [5.74, 6) is 2.11. The second-order valence-corrected chi connectivity index (χ2v) is 6.63. The number of rotatable bonds is 10. The lowest BCUT2D eigenvalue weighted by atomic mass is 9.92. The van der Waals surface area contributed by atoms with Gasteiger partial charge in [0.05, 0.1) is 6.61 Å². The average Bonchev–Trinajstić information content (AvgIpc) is 2.53. The van der Waals surface area contributed by atoms with Gasteiger partial charge in [0.1, 0.15) is 5.75 Å². The Balaban J connectivity index is 1.54. The summed E-state index contributed by atoms with van der Waals surface area (Å²) in [5.41, 5.74) is 3.05. The van der Waals surface area contributed by atoms with Crippen LogP contribution >= 0.6 is 12.6 Å². The highest BCUT2D eigenvalue weighted by Crippen LogP contribution is 2.25. The standard InChI is InChI=1S/C19H30OS/c21-15-9-5-3-1-2-4-8-14-20-19-13-12-17-10-6-7-11-18(17)16-19/h12-13,16,21H,1-11,14-15H2. The number of hydrogen-bond donors (Lipinski definition) is 1. The molecule has 0 aromatic heterocycles. The maximum atomic E-state index is 5.91. The monoisotopic (exact) mass is 306 g/mol. The normalized spacial score (nSPS) is 14.0. The Morgan fingerprint density at radius 3 is 2.24 bits per heavy atom. The van der Waals surface area contributed by atoms with Crippen LogP contribution in [0.1, 0.15) is 68.9 Å². The van der Waals surface area contributed by atoms with Crippen LogP contribution in [0.25, 0.3) is 0 Å². The van der Waals surface area contributed by atoms with E-state index in [1.807, 2.05) is 0 Å². The van der Waals surface area contributed by atoms with E-state index in [0.717, 1.165) is 18.1 Å². The van der Waals surface area contributed by atoms with Crippen LogP contribution in [0.4, 0.5) is 0 Å². The molecule has 0 N–H and O–H groups in total. The van der Waals surface area contributed by atoms with Crippen molar-refractivity contribution in [3.63, 3.8) is 0 Å². The van der Waals surface area contributed by atoms with Crippen molar-refractivity contribution in [3.8, 4) is 5.75 Å². The van der Waals surface area contributed by atoms with Crippen molar-refractivity contribution < 1.29 is 4.74 Å². The Morgan fingerprint density at radius 1 is 0.810 bits per heavy atom. The quantitative estimate of drug-likeness (QED) is 0.437. The molecular weight excluding hydrogens is 276 g/mol. The van der Waals surface area contributed by atoms with E-state index in [1.165, 1.54) is 81.8 Å². The van der Waals surface area contributed by atoms with Gasteiger partial charge in [0.25, 0.3) is 0 Å². The molecule has 0 amide bonds. The Labute approximate surface area is 135 Å². The van der Waals surface area contributed by atoms with Crippen LogP contribution in [0.2, 0.25) is 0 Å². The molecule has 1 aromatic rings. The largest absolute Gasteiger partial charge is 0.494 e. The van der Waals surface area contributed by atoms with Gasteiger partial charge < -0.3 is 4.74 Å². The van der Waals surface area contributed by atoms with Gasteiger partial charge in [-0.15, -0.1) is 0 Å². The van der Waals surface area contributed by atoms with Crippen molar-refractivity contribution in [2.75, 3.05) is 12.4 Å². The van der Waals surface area contributed by atoms with Gasteiger partial charge in [0, 0.05) is 0 Å². The molecule has 0 saturated heterocycles. The van der Waals surface area contributed by atoms with Gasteiger partial charge in [-0.25, -0.2) is 0 Å². The van der Waals surface area contributed by atoms with E-state index in [2.05, 4.69) is 30.8 Å². The molecule has 21 heavy (non-hydrogen) atoms. The van der Waals surface area contributed by atoms with Gasteiger partial charge in [-0.1, -0.05) is 38.2 Å². The minimum absolute atomic E-state index is 0.870. The summed E-state index contributed by atoms with van der Waals surface area (Å²) >= 11 is 4.24. The second kappa shape index (κ2) is 10.2. The molecule has 0 saturated carbocycles. The van der Waals surface area contributed by atoms with Crippen LogP contribution in [-0.4, -0.2) is 12.4 Å². The molecule has 0 spiro atoms. The Morgan fingerprint density at radius 2 is 1.48 bits per heavy atom. The van der Waals surface area contributed by atoms with E-state index >= 15 is 0 Å². The van der Waals surface area contributed by atoms with E-state index in [-0.39, 0.29) is 0 Å². The predicted octanol–water partition coefficient (Wildman–Crippen LogP) is 5.60. The number of unbranched alkanes of at least 4 members (excludes halogenated alkanes) is 6. The SMILES string of the molecule is SCCCCCCCCCOc1ccc2c(c1)CCCC2. The van der Waals surface area contributed by atoms with Crippen LogP contribution in [0.15, 0.2) is 18.2 Å². The highest BCUT2D eigenvalue weighted by Gasteiger charge is 2.09. The van der Waals surface area contributed by atoms with Crippen LogP contribution < -0.4 is 4.74 Å². The lowest BCUT2D eigenvalue weighted by Crippen LogP contribution is -2.04. The smallest absolute Gasteiger partial charge is 0.119 e. The maximum absolute atomic E-state index is 5.91. The van der Waals surface area contributed by atoms with E-state index < -0.39 is 0 Å². The predicted molar refractivity (Wildman–Crippen MR) is 94.8 cm³/mol. The van der Waals surface area contributed by atoms with E-state index in [9.17, 15) is 0 Å². The van der Waals surface area contributed by atoms with Gasteiger partial charge in [-0.3, -0.25) is 0 Å². The van der Waals surface area contributed by atoms with Crippen molar-refractivity contribution in [2.24, 2.45) is 0 Å². The number of hydrogen-bond acceptors (Lipinski definition) is 2. The van der Waals surface area contributed by atoms with Crippen molar-refractivity contribution in [3.05, 3.63) is 29.3 Å². The van der Waals surface area contributed by atoms with Gasteiger partial charge >= 0.3 is 0 Å². The summed E-state index contributed by atoms with van der Waals surface area (Å²) < 4.78 is 5.91. The molecule has 0 fully saturated rings. The van der Waals surface area contributed by atoms with Crippen molar-refractivity contribution in [1.29, 1.82) is 0 Å². The lowest BCUT2D eigenvalue weighted by Gasteiger charge is -2.16. The number of thiol groups is 1. The van der Waals surface area contributed by atoms with Gasteiger partial charge in [-0.2, -0.15) is 12.6 Å². The summed E-state index contributed by atoms with van der Waals surface area (Å²) in [6.07, 6.45) is 14.3. The molecule has 0 aliphatic heterocycles. The van der Waals surface area contributed by atoms with Crippen LogP contribution in [-0.2, 0) is 12.8 Å². The zero-order valence-corrected chi connectivity index (χ0v) is 14.2. The molecule has 1 aliphatic rings. The minimum atomic E-state index is 0.870. The van der Waals surface area contributed by atoms with Crippen molar-refractivity contribution in [1.82, 2.24) is 0 Å². The summed E-state index contributed by atoms with van der Waals surface area (Å²) in [6.45, 7) is 0.870. The molecule has 1 aromatic carbocycles. The van der Waals surface area contributed by atoms with Crippen LogP contribution in [0.3, 0.4) is 0 Å². The molecule has 0 unspecified atom stereocenters. The molecule has 1 nitrogen and oxygen atoms in total. The zero-order chi connectivity index (χ0) is 14.8. The van der Waals surface area contributed by atoms with Gasteiger partial charge in [0.15, 0.2) is 0 Å². The number of ether oxygens (including phenoxy) is 1. The van der Waals surface area contributed by atoms with E-state index in [1.54, 1.807) is 0 Å². The van der Waals surface area contributed by atoms with E-state index in [4.69, 9.17) is 4.74 Å². The fourth-order valence-electron chi connectivity index (χ4n) is 3.09. The van der Waals surface area contributed by atoms with Crippen LogP contribution in [0.5, 0.6) is 5.75 Å². The number of aryl methyl sites for hydroxylation is 2. The molecule has 2 heteroatoms. The second-order valence-electron chi connectivity index (χ2n) is 6.18. The topological polar surface area (TPSA) is 9.23 Å². The first-order valence-corrected chi connectivity index (χ1v) is 9.39. The summed E-state index contributed by atoms with van der Waals surface area (Å²) in [5, 5.41) is 0. The third kappa shape index (κ3) is 6.34. The molecule has 118 valence electrons. The molecular formula is C19H30OS. The minimum Gasteiger partial charge on any atom is -0.494 e. The molecule has 0 atom stereocenters. The third-order valence-corrected chi connectivity index (χ3v) is 4.71. The first kappa shape index (κ1) is 16.7. The Hall–Kier alpha value is -0.630. The molecule has 1 aliphatic carbocycles. The van der Waals surface area contributed by atoms with Gasteiger partial charge in [-0.05, 0) is 67.5 Å². The van der Waals surface area contributed by atoms with Crippen LogP contribution in [0, 0.1) is 0 Å². The van der Waals surface area contributed by atoms with E-state index in [0.29, 0.717) is 0 Å². The fraction of sp³-hybridized carbons (Fsp3) is 0.684. The Bertz CT molecular complexity index is 403. The highest BCUT2D eigenvalue weighted by atomic mass is 32.1. The maximum Gasteiger partial charge on any atom is 0.119 e. The van der Waals surface area contributed by atoms with Crippen molar-refractivity contribution >= 4 is 12.6 Å². The zero-order valence-electron chi connectivity index (χ0n) is 13.3. The number of benzene rings is 1. The molecule has 2 rings (SSSR count). The molecule has 0 bridgehead atoms. The number of fused-ring (bicyclic) bond motifs is 1. The molecule has 0 radical (unpaired) electrons. The summed E-state index contributed by atoms with van der Waals surface area (Å²) in [4.78, 5) is 0. The Kier molecular flexibility index (Phi) is 8.09. The van der Waals surface area contributed by atoms with Gasteiger partial charge in [0.2, 0.25) is 0 Å². The molecule has 0 heterocycles. The van der Waals surface area contributed by atoms with Crippen molar-refractivity contribution in [2.45, 2.75) is 70.6 Å². The average molecular weight is 307 g/mol.